The molecule has 28 heavy (non-hydrogen) atoms. The normalized spacial score (nSPS) is 16.2. The lowest BCUT2D eigenvalue weighted by atomic mass is 10.1. The molecule has 2 aromatic rings. The van der Waals surface area contributed by atoms with Crippen molar-refractivity contribution in [1.29, 1.82) is 0 Å². The SMILES string of the molecule is Cc1c(NC(=O)COC(=O)[C@H]2CC(=O)N(c3ccccc3)C2)ccc(Br)c1Cl. The molecule has 8 heteroatoms. The molecule has 0 unspecified atom stereocenters. The molecule has 2 aromatic carbocycles. The summed E-state index contributed by atoms with van der Waals surface area (Å²) >= 11 is 9.45. The van der Waals surface area contributed by atoms with Gasteiger partial charge in [-0.15, -0.1) is 0 Å². The third-order valence-corrected chi connectivity index (χ3v) is 5.86. The highest BCUT2D eigenvalue weighted by Crippen LogP contribution is 2.31. The molecule has 0 aliphatic carbocycles. The highest BCUT2D eigenvalue weighted by atomic mass is 79.9. The van der Waals surface area contributed by atoms with Gasteiger partial charge in [-0.25, -0.2) is 0 Å². The molecule has 3 rings (SSSR count). The van der Waals surface area contributed by atoms with Crippen LogP contribution >= 0.6 is 27.5 Å². The Kier molecular flexibility index (Phi) is 6.36. The van der Waals surface area contributed by atoms with Crippen molar-refractivity contribution in [2.45, 2.75) is 13.3 Å². The fourth-order valence-corrected chi connectivity index (χ4v) is 3.55. The number of nitrogens with zero attached hydrogens (tertiary/aromatic N) is 1. The maximum Gasteiger partial charge on any atom is 0.311 e. The predicted molar refractivity (Wildman–Crippen MR) is 110 cm³/mol. The first-order chi connectivity index (χ1) is 13.4. The standard InChI is InChI=1S/C20H18BrClN2O4/c1-12-16(8-7-15(21)19(12)22)23-17(25)11-28-20(27)13-9-18(26)24(10-13)14-5-3-2-4-6-14/h2-8,13H,9-11H2,1H3,(H,23,25)/t13-/m0/s1. The fourth-order valence-electron chi connectivity index (χ4n) is 2.95. The van der Waals surface area contributed by atoms with Gasteiger partial charge in [0.1, 0.15) is 0 Å². The molecule has 146 valence electrons. The summed E-state index contributed by atoms with van der Waals surface area (Å²) in [6, 6.07) is 12.6. The summed E-state index contributed by atoms with van der Waals surface area (Å²) < 4.78 is 5.84. The second-order valence-electron chi connectivity index (χ2n) is 6.43. The molecule has 1 aliphatic heterocycles. The second kappa shape index (κ2) is 8.75. The van der Waals surface area contributed by atoms with E-state index in [1.54, 1.807) is 24.0 Å². The minimum atomic E-state index is -0.593. The summed E-state index contributed by atoms with van der Waals surface area (Å²) in [5.74, 6) is -1.77. The van der Waals surface area contributed by atoms with Gasteiger partial charge in [-0.1, -0.05) is 29.8 Å². The molecular weight excluding hydrogens is 448 g/mol. The van der Waals surface area contributed by atoms with Crippen LogP contribution in [0.5, 0.6) is 0 Å². The number of rotatable bonds is 5. The number of hydrogen-bond donors (Lipinski definition) is 1. The molecule has 1 fully saturated rings. The van der Waals surface area contributed by atoms with Crippen molar-refractivity contribution in [2.24, 2.45) is 5.92 Å². The molecule has 0 bridgehead atoms. The van der Waals surface area contributed by atoms with Crippen molar-refractivity contribution in [3.63, 3.8) is 0 Å². The Hall–Kier alpha value is -2.38. The maximum atomic E-state index is 12.3. The summed E-state index contributed by atoms with van der Waals surface area (Å²) in [6.45, 7) is 1.59. The van der Waals surface area contributed by atoms with Crippen LogP contribution in [-0.2, 0) is 19.1 Å². The number of carbonyl (C=O) groups excluding carboxylic acids is 3. The van der Waals surface area contributed by atoms with E-state index in [4.69, 9.17) is 16.3 Å². The largest absolute Gasteiger partial charge is 0.455 e. The second-order valence-corrected chi connectivity index (χ2v) is 7.66. The van der Waals surface area contributed by atoms with Crippen LogP contribution in [-0.4, -0.2) is 30.9 Å². The van der Waals surface area contributed by atoms with Crippen LogP contribution in [0.3, 0.4) is 0 Å². The number of esters is 1. The highest BCUT2D eigenvalue weighted by Gasteiger charge is 2.36. The number of halogens is 2. The van der Waals surface area contributed by atoms with Crippen LogP contribution in [0.2, 0.25) is 5.02 Å². The first-order valence-corrected chi connectivity index (χ1v) is 9.80. The Morgan fingerprint density at radius 1 is 1.25 bits per heavy atom. The zero-order valence-corrected chi connectivity index (χ0v) is 17.4. The molecule has 1 saturated heterocycles. The number of benzene rings is 2. The summed E-state index contributed by atoms with van der Waals surface area (Å²) in [7, 11) is 0. The molecule has 2 amide bonds. The van der Waals surface area contributed by atoms with Crippen LogP contribution in [0.1, 0.15) is 12.0 Å². The Morgan fingerprint density at radius 2 is 1.96 bits per heavy atom. The smallest absolute Gasteiger partial charge is 0.311 e. The van der Waals surface area contributed by atoms with Gasteiger partial charge in [-0.2, -0.15) is 0 Å². The van der Waals surface area contributed by atoms with E-state index >= 15 is 0 Å². The van der Waals surface area contributed by atoms with Gasteiger partial charge in [-0.3, -0.25) is 14.4 Å². The number of carbonyl (C=O) groups is 3. The summed E-state index contributed by atoms with van der Waals surface area (Å²) in [6.07, 6.45) is 0.0662. The lowest BCUT2D eigenvalue weighted by Gasteiger charge is -2.16. The van der Waals surface area contributed by atoms with Crippen LogP contribution < -0.4 is 10.2 Å². The highest BCUT2D eigenvalue weighted by molar-refractivity contribution is 9.10. The number of para-hydroxylation sites is 1. The third-order valence-electron chi connectivity index (χ3n) is 4.49. The average molecular weight is 466 g/mol. The first-order valence-electron chi connectivity index (χ1n) is 8.63. The van der Waals surface area contributed by atoms with Crippen molar-refractivity contribution >= 4 is 56.7 Å². The van der Waals surface area contributed by atoms with Gasteiger partial charge in [-0.05, 0) is 52.7 Å². The minimum Gasteiger partial charge on any atom is -0.455 e. The van der Waals surface area contributed by atoms with Crippen LogP contribution in [0.15, 0.2) is 46.9 Å². The zero-order chi connectivity index (χ0) is 20.3. The van der Waals surface area contributed by atoms with Crippen molar-refractivity contribution < 1.29 is 19.1 Å². The van der Waals surface area contributed by atoms with Crippen molar-refractivity contribution in [2.75, 3.05) is 23.4 Å². The number of anilines is 2. The van der Waals surface area contributed by atoms with E-state index in [1.807, 2.05) is 30.3 Å². The van der Waals surface area contributed by atoms with E-state index in [1.165, 1.54) is 0 Å². The van der Waals surface area contributed by atoms with Crippen LogP contribution in [0.4, 0.5) is 11.4 Å². The molecule has 0 spiro atoms. The molecule has 0 radical (unpaired) electrons. The van der Waals surface area contributed by atoms with Gasteiger partial charge in [0.25, 0.3) is 5.91 Å². The zero-order valence-electron chi connectivity index (χ0n) is 15.1. The molecule has 1 N–H and O–H groups in total. The third kappa shape index (κ3) is 4.54. The Morgan fingerprint density at radius 3 is 2.68 bits per heavy atom. The number of ether oxygens (including phenoxy) is 1. The summed E-state index contributed by atoms with van der Waals surface area (Å²) in [5, 5.41) is 3.17. The van der Waals surface area contributed by atoms with Gasteiger partial charge in [0.15, 0.2) is 6.61 Å². The van der Waals surface area contributed by atoms with Gasteiger partial charge in [0.2, 0.25) is 5.91 Å². The van der Waals surface area contributed by atoms with Gasteiger partial charge in [0.05, 0.1) is 10.9 Å². The first kappa shape index (κ1) is 20.4. The average Bonchev–Trinajstić information content (AvgIpc) is 3.09. The Labute approximate surface area is 175 Å². The van der Waals surface area contributed by atoms with E-state index in [2.05, 4.69) is 21.2 Å². The summed E-state index contributed by atoms with van der Waals surface area (Å²) in [4.78, 5) is 38.1. The van der Waals surface area contributed by atoms with Crippen LogP contribution in [0.25, 0.3) is 0 Å². The van der Waals surface area contributed by atoms with E-state index in [0.717, 1.165) is 10.2 Å². The molecule has 0 aromatic heterocycles. The van der Waals surface area contributed by atoms with E-state index in [-0.39, 0.29) is 18.9 Å². The van der Waals surface area contributed by atoms with Crippen molar-refractivity contribution in [3.05, 3.63) is 57.5 Å². The molecule has 6 nitrogen and oxygen atoms in total. The monoisotopic (exact) mass is 464 g/mol. The minimum absolute atomic E-state index is 0.0662. The lowest BCUT2D eigenvalue weighted by molar-refractivity contribution is -0.151. The fraction of sp³-hybridized carbons (Fsp3) is 0.250. The quantitative estimate of drug-likeness (QED) is 0.679. The van der Waals surface area contributed by atoms with Gasteiger partial charge >= 0.3 is 5.97 Å². The van der Waals surface area contributed by atoms with Crippen molar-refractivity contribution in [3.8, 4) is 0 Å². The van der Waals surface area contributed by atoms with Gasteiger partial charge < -0.3 is 15.0 Å². The molecule has 1 atom stereocenters. The summed E-state index contributed by atoms with van der Waals surface area (Å²) in [5.41, 5.74) is 1.99. The predicted octanol–water partition coefficient (Wildman–Crippen LogP) is 3.95. The van der Waals surface area contributed by atoms with Crippen molar-refractivity contribution in [1.82, 2.24) is 0 Å². The molecular formula is C20H18BrClN2O4. The van der Waals surface area contributed by atoms with Gasteiger partial charge in [0, 0.05) is 28.8 Å². The maximum absolute atomic E-state index is 12.3. The Bertz CT molecular complexity index is 920. The number of hydrogen-bond acceptors (Lipinski definition) is 4. The molecule has 1 aliphatic rings. The Balaban J connectivity index is 1.54. The van der Waals surface area contributed by atoms with Crippen LogP contribution in [0, 0.1) is 12.8 Å². The molecule has 1 heterocycles. The number of amides is 2. The topological polar surface area (TPSA) is 75.7 Å². The number of nitrogens with one attached hydrogen (secondary N) is 1. The lowest BCUT2D eigenvalue weighted by Crippen LogP contribution is -2.28. The van der Waals surface area contributed by atoms with E-state index in [0.29, 0.717) is 16.3 Å². The van der Waals surface area contributed by atoms with E-state index < -0.39 is 24.4 Å². The molecule has 0 saturated carbocycles. The van der Waals surface area contributed by atoms with E-state index in [9.17, 15) is 14.4 Å².